The topological polar surface area (TPSA) is 121 Å². The molecule has 29 heavy (non-hydrogen) atoms. The molecule has 3 aliphatic heterocycles. The Hall–Kier alpha value is -1.98. The molecule has 0 fully saturated rings. The number of nitrogens with two attached hydrogens (primary N) is 1. The number of thiophene rings is 1. The number of nitrogens with zero attached hydrogens (tertiary/aromatic N) is 1. The minimum atomic E-state index is -0.136. The Morgan fingerprint density at radius 3 is 3.07 bits per heavy atom. The predicted octanol–water partition coefficient (Wildman–Crippen LogP) is 2.02. The first-order valence-electron chi connectivity index (χ1n) is 9.66. The molecule has 156 valence electrons. The summed E-state index contributed by atoms with van der Waals surface area (Å²) in [6.07, 6.45) is 8.61. The molecular formula is C19H27N7OS2. The van der Waals surface area contributed by atoms with E-state index in [1.54, 1.807) is 0 Å². The summed E-state index contributed by atoms with van der Waals surface area (Å²) in [6.45, 7) is 4.20. The van der Waals surface area contributed by atoms with Crippen LogP contribution < -0.4 is 27.0 Å². The zero-order chi connectivity index (χ0) is 20.4. The lowest BCUT2D eigenvalue weighted by Crippen LogP contribution is -2.58. The Balaban J connectivity index is 1.63. The zero-order valence-electron chi connectivity index (χ0n) is 16.2. The van der Waals surface area contributed by atoms with Crippen molar-refractivity contribution in [3.05, 3.63) is 47.1 Å². The summed E-state index contributed by atoms with van der Waals surface area (Å²) in [6, 6.07) is 2.05. The van der Waals surface area contributed by atoms with Gasteiger partial charge < -0.3 is 41.9 Å². The van der Waals surface area contributed by atoms with E-state index in [0.29, 0.717) is 6.54 Å². The first kappa shape index (κ1) is 20.3. The summed E-state index contributed by atoms with van der Waals surface area (Å²) in [7, 11) is 0. The molecule has 0 radical (unpaired) electrons. The van der Waals surface area contributed by atoms with Gasteiger partial charge in [-0.15, -0.1) is 11.3 Å². The Labute approximate surface area is 179 Å². The molecule has 0 saturated carbocycles. The van der Waals surface area contributed by atoms with E-state index in [0.717, 1.165) is 57.7 Å². The number of rotatable bonds is 7. The Morgan fingerprint density at radius 1 is 1.55 bits per heavy atom. The molecule has 0 aliphatic carbocycles. The molecule has 8 nitrogen and oxygen atoms in total. The molecular weight excluding hydrogens is 406 g/mol. The first-order chi connectivity index (χ1) is 14.1. The Morgan fingerprint density at radius 2 is 2.41 bits per heavy atom. The smallest absolute Gasteiger partial charge is 0.142 e. The van der Waals surface area contributed by atoms with Gasteiger partial charge in [-0.05, 0) is 37.1 Å². The highest BCUT2D eigenvalue weighted by atomic mass is 32.2. The molecule has 0 aromatic carbocycles. The van der Waals surface area contributed by atoms with E-state index in [2.05, 4.69) is 44.5 Å². The molecule has 8 N–H and O–H groups in total. The average molecular weight is 434 g/mol. The van der Waals surface area contributed by atoms with Gasteiger partial charge in [0, 0.05) is 55.4 Å². The van der Waals surface area contributed by atoms with Crippen LogP contribution in [0.25, 0.3) is 0 Å². The van der Waals surface area contributed by atoms with Gasteiger partial charge in [-0.3, -0.25) is 0 Å². The standard InChI is InChI=1S/C19H27N7OS2/c1-11-5-16(28-19(11)29-27)25-17-18-23-9-15(13(6-20)7-21)26(18)10-14(24-17)12-3-2-4-22-8-12/h3,5-6,9-10,13,17-18,20,22-25,27H,2,4,7-8,21H2,1H3. The van der Waals surface area contributed by atoms with Crippen molar-refractivity contribution in [3.8, 4) is 0 Å². The van der Waals surface area contributed by atoms with Gasteiger partial charge in [0.2, 0.25) is 0 Å². The number of hydrogen-bond donors (Lipinski definition) is 7. The number of fused-ring (bicyclic) bond motifs is 1. The van der Waals surface area contributed by atoms with Gasteiger partial charge >= 0.3 is 0 Å². The van der Waals surface area contributed by atoms with E-state index in [1.807, 2.05) is 13.1 Å². The van der Waals surface area contributed by atoms with Crippen LogP contribution in [0, 0.1) is 18.3 Å². The van der Waals surface area contributed by atoms with Crippen LogP contribution in [0.15, 0.2) is 45.7 Å². The molecule has 3 aliphatic rings. The van der Waals surface area contributed by atoms with Gasteiger partial charge in [-0.1, -0.05) is 6.08 Å². The summed E-state index contributed by atoms with van der Waals surface area (Å²) in [5, 5.41) is 22.8. The maximum absolute atomic E-state index is 9.45. The van der Waals surface area contributed by atoms with E-state index in [-0.39, 0.29) is 18.2 Å². The van der Waals surface area contributed by atoms with Crippen LogP contribution in [0.4, 0.5) is 5.00 Å². The minimum Gasteiger partial charge on any atom is -0.366 e. The molecule has 1 aromatic heterocycles. The fraction of sp³-hybridized carbons (Fsp3) is 0.421. The molecule has 4 rings (SSSR count). The number of nitrogens with one attached hydrogen (secondary N) is 5. The Kier molecular flexibility index (Phi) is 6.16. The summed E-state index contributed by atoms with van der Waals surface area (Å²) in [5.74, 6) is -0.136. The highest BCUT2D eigenvalue weighted by molar-refractivity contribution is 7.95. The van der Waals surface area contributed by atoms with Crippen molar-refractivity contribution >= 4 is 34.6 Å². The third kappa shape index (κ3) is 4.03. The predicted molar refractivity (Wildman–Crippen MR) is 120 cm³/mol. The van der Waals surface area contributed by atoms with Crippen molar-refractivity contribution in [2.45, 2.75) is 29.9 Å². The van der Waals surface area contributed by atoms with E-state index in [4.69, 9.17) is 11.1 Å². The first-order valence-corrected chi connectivity index (χ1v) is 11.3. The lowest BCUT2D eigenvalue weighted by molar-refractivity contribution is 0.255. The molecule has 0 spiro atoms. The van der Waals surface area contributed by atoms with Crippen molar-refractivity contribution in [1.29, 1.82) is 5.41 Å². The van der Waals surface area contributed by atoms with Gasteiger partial charge in [-0.2, -0.15) is 0 Å². The van der Waals surface area contributed by atoms with Gasteiger partial charge in [0.25, 0.3) is 0 Å². The minimum absolute atomic E-state index is 0.0486. The van der Waals surface area contributed by atoms with Gasteiger partial charge in [0.05, 0.1) is 14.9 Å². The van der Waals surface area contributed by atoms with Crippen molar-refractivity contribution in [2.75, 3.05) is 25.0 Å². The SMILES string of the molecule is Cc1cc(NC2NC(C3=CCCNC3)=CN3C(C(C=N)CN)=CNC23)sc1SO. The van der Waals surface area contributed by atoms with E-state index < -0.39 is 0 Å². The fourth-order valence-corrected chi connectivity index (χ4v) is 5.28. The maximum atomic E-state index is 9.45. The van der Waals surface area contributed by atoms with E-state index in [9.17, 15) is 4.55 Å². The van der Waals surface area contributed by atoms with Gasteiger partial charge in [0.1, 0.15) is 12.3 Å². The molecule has 0 bridgehead atoms. The molecule has 0 saturated heterocycles. The second-order valence-corrected chi connectivity index (χ2v) is 9.17. The van der Waals surface area contributed by atoms with Crippen LogP contribution in [0.5, 0.6) is 0 Å². The summed E-state index contributed by atoms with van der Waals surface area (Å²) in [5.41, 5.74) is 10.3. The largest absolute Gasteiger partial charge is 0.366 e. The number of aryl methyl sites for hydroxylation is 1. The highest BCUT2D eigenvalue weighted by Gasteiger charge is 2.38. The Bertz CT molecular complexity index is 863. The van der Waals surface area contributed by atoms with Crippen molar-refractivity contribution in [1.82, 2.24) is 20.9 Å². The maximum Gasteiger partial charge on any atom is 0.142 e. The van der Waals surface area contributed by atoms with Crippen LogP contribution in [-0.4, -0.2) is 47.6 Å². The summed E-state index contributed by atoms with van der Waals surface area (Å²) < 4.78 is 10.3. The lowest BCUT2D eigenvalue weighted by Gasteiger charge is -2.41. The second-order valence-electron chi connectivity index (χ2n) is 7.27. The third-order valence-electron chi connectivity index (χ3n) is 5.36. The van der Waals surface area contributed by atoms with Crippen LogP contribution in [-0.2, 0) is 0 Å². The monoisotopic (exact) mass is 433 g/mol. The van der Waals surface area contributed by atoms with Crippen molar-refractivity contribution in [3.63, 3.8) is 0 Å². The van der Waals surface area contributed by atoms with Crippen LogP contribution in [0.2, 0.25) is 0 Å². The normalized spacial score (nSPS) is 24.5. The van der Waals surface area contributed by atoms with Crippen LogP contribution >= 0.6 is 23.4 Å². The molecule has 3 atom stereocenters. The summed E-state index contributed by atoms with van der Waals surface area (Å²) in [4.78, 5) is 2.18. The van der Waals surface area contributed by atoms with Crippen LogP contribution in [0.1, 0.15) is 12.0 Å². The third-order valence-corrected chi connectivity index (χ3v) is 7.28. The summed E-state index contributed by atoms with van der Waals surface area (Å²) >= 11 is 2.32. The molecule has 3 unspecified atom stereocenters. The van der Waals surface area contributed by atoms with Crippen molar-refractivity contribution < 1.29 is 4.55 Å². The molecule has 10 heteroatoms. The van der Waals surface area contributed by atoms with E-state index >= 15 is 0 Å². The second kappa shape index (κ2) is 8.80. The zero-order valence-corrected chi connectivity index (χ0v) is 17.9. The quantitative estimate of drug-likeness (QED) is 0.258. The molecule has 1 aromatic rings. The van der Waals surface area contributed by atoms with E-state index in [1.165, 1.54) is 23.1 Å². The molecule has 0 amide bonds. The fourth-order valence-electron chi connectivity index (χ4n) is 3.81. The van der Waals surface area contributed by atoms with Crippen LogP contribution in [0.3, 0.4) is 0 Å². The molecule has 4 heterocycles. The van der Waals surface area contributed by atoms with Gasteiger partial charge in [-0.25, -0.2) is 0 Å². The number of hydrogen-bond acceptors (Lipinski definition) is 10. The van der Waals surface area contributed by atoms with Gasteiger partial charge in [0.15, 0.2) is 0 Å². The number of anilines is 1. The average Bonchev–Trinajstić information content (AvgIpc) is 3.33. The lowest BCUT2D eigenvalue weighted by atomic mass is 10.0. The highest BCUT2D eigenvalue weighted by Crippen LogP contribution is 2.35. The van der Waals surface area contributed by atoms with Crippen molar-refractivity contribution in [2.24, 2.45) is 11.7 Å².